The quantitative estimate of drug-likeness (QED) is 0.197. The maximum atomic E-state index is 6.83. The van der Waals surface area contributed by atoms with Crippen molar-refractivity contribution >= 4 is 38.3 Å². The Morgan fingerprint density at radius 1 is 0.532 bits per heavy atom. The number of hydrogen-bond acceptors (Lipinski definition) is 3. The molecule has 0 unspecified atom stereocenters. The van der Waals surface area contributed by atoms with Gasteiger partial charge < -0.3 is 4.42 Å². The Hall–Kier alpha value is -6.06. The Kier molecular flexibility index (Phi) is 6.60. The number of fused-ring (bicyclic) bond motifs is 4. The molecule has 6 aromatic carbocycles. The van der Waals surface area contributed by atoms with Gasteiger partial charge in [0.05, 0.1) is 17.0 Å². The molecule has 8 aromatic rings. The van der Waals surface area contributed by atoms with Crippen molar-refractivity contribution in [2.45, 2.75) is 12.8 Å². The molecule has 0 saturated carbocycles. The Labute approximate surface area is 273 Å². The van der Waals surface area contributed by atoms with Crippen molar-refractivity contribution in [2.75, 3.05) is 0 Å². The topological polar surface area (TPSA) is 38.9 Å². The van der Waals surface area contributed by atoms with Crippen LogP contribution in [0.5, 0.6) is 0 Å². The lowest BCUT2D eigenvalue weighted by atomic mass is 9.94. The number of furan rings is 1. The van der Waals surface area contributed by atoms with Crippen LogP contribution in [0.1, 0.15) is 18.5 Å². The number of aromatic nitrogens is 2. The highest BCUT2D eigenvalue weighted by atomic mass is 16.3. The summed E-state index contributed by atoms with van der Waals surface area (Å²) in [5.74, 6) is 0.663. The van der Waals surface area contributed by atoms with Crippen LogP contribution in [0.15, 0.2) is 162 Å². The smallest absolute Gasteiger partial charge is 0.164 e. The van der Waals surface area contributed by atoms with Gasteiger partial charge in [0.2, 0.25) is 0 Å². The second-order valence-corrected chi connectivity index (χ2v) is 12.1. The lowest BCUT2D eigenvalue weighted by Crippen LogP contribution is -2.00. The fraction of sp³-hybridized carbons (Fsp3) is 0.0455. The van der Waals surface area contributed by atoms with Crippen molar-refractivity contribution in [3.8, 4) is 44.9 Å². The second kappa shape index (κ2) is 11.4. The van der Waals surface area contributed by atoms with Gasteiger partial charge in [-0.2, -0.15) is 0 Å². The van der Waals surface area contributed by atoms with Gasteiger partial charge in [0.1, 0.15) is 11.2 Å². The standard InChI is InChI=1S/C44H30N2O/c1-4-12-29(13-5-1)30-20-22-31(23-21-30)36-24-25-37(43-42(36)38-26-34-18-10-11-19-35(34)27-41(38)47-43)44-45-39(32-14-6-2-7-15-32)28-40(46-44)33-16-8-3-9-17-33/h1-8,10-16,18-28H,9,17H2. The number of rotatable bonds is 5. The van der Waals surface area contributed by atoms with Gasteiger partial charge >= 0.3 is 0 Å². The predicted octanol–water partition coefficient (Wildman–Crippen LogP) is 11.9. The Bertz CT molecular complexity index is 2490. The molecular weight excluding hydrogens is 572 g/mol. The molecule has 1 aliphatic rings. The maximum Gasteiger partial charge on any atom is 0.164 e. The summed E-state index contributed by atoms with van der Waals surface area (Å²) in [4.78, 5) is 10.4. The summed E-state index contributed by atoms with van der Waals surface area (Å²) in [5, 5.41) is 4.49. The first-order chi connectivity index (χ1) is 23.3. The van der Waals surface area contributed by atoms with E-state index in [0.29, 0.717) is 5.82 Å². The lowest BCUT2D eigenvalue weighted by Gasteiger charge is -2.13. The average Bonchev–Trinajstić information content (AvgIpc) is 3.53. The van der Waals surface area contributed by atoms with Crippen LogP contribution < -0.4 is 0 Å². The molecule has 222 valence electrons. The van der Waals surface area contributed by atoms with Crippen molar-refractivity contribution in [3.63, 3.8) is 0 Å². The maximum absolute atomic E-state index is 6.83. The zero-order valence-electron chi connectivity index (χ0n) is 25.7. The lowest BCUT2D eigenvalue weighted by molar-refractivity contribution is 0.670. The van der Waals surface area contributed by atoms with Gasteiger partial charge in [0.15, 0.2) is 5.82 Å². The largest absolute Gasteiger partial charge is 0.455 e. The van der Waals surface area contributed by atoms with Crippen molar-refractivity contribution < 1.29 is 4.42 Å². The van der Waals surface area contributed by atoms with Crippen LogP contribution in [-0.4, -0.2) is 9.97 Å². The van der Waals surface area contributed by atoms with Crippen LogP contribution in [-0.2, 0) is 0 Å². The Balaban J connectivity index is 1.29. The van der Waals surface area contributed by atoms with Crippen molar-refractivity contribution in [1.29, 1.82) is 0 Å². The summed E-state index contributed by atoms with van der Waals surface area (Å²) >= 11 is 0. The van der Waals surface area contributed by atoms with Gasteiger partial charge in [0, 0.05) is 16.3 Å². The molecule has 0 fully saturated rings. The molecule has 47 heavy (non-hydrogen) atoms. The fourth-order valence-electron chi connectivity index (χ4n) is 6.76. The molecule has 0 bridgehead atoms. The van der Waals surface area contributed by atoms with E-state index in [4.69, 9.17) is 14.4 Å². The van der Waals surface area contributed by atoms with Crippen LogP contribution in [0.2, 0.25) is 0 Å². The van der Waals surface area contributed by atoms with E-state index in [1.807, 2.05) is 6.07 Å². The molecule has 0 saturated heterocycles. The number of benzene rings is 6. The molecule has 3 heteroatoms. The summed E-state index contributed by atoms with van der Waals surface area (Å²) < 4.78 is 6.83. The summed E-state index contributed by atoms with van der Waals surface area (Å²) in [6, 6.07) is 49.0. The number of hydrogen-bond donors (Lipinski definition) is 0. The summed E-state index contributed by atoms with van der Waals surface area (Å²) in [7, 11) is 0. The van der Waals surface area contributed by atoms with Gasteiger partial charge in [-0.3, -0.25) is 0 Å². The first-order valence-electron chi connectivity index (χ1n) is 16.1. The summed E-state index contributed by atoms with van der Waals surface area (Å²) in [6.45, 7) is 0. The highest BCUT2D eigenvalue weighted by molar-refractivity contribution is 6.18. The van der Waals surface area contributed by atoms with E-state index in [1.54, 1.807) is 0 Å². The van der Waals surface area contributed by atoms with Crippen molar-refractivity contribution in [1.82, 2.24) is 9.97 Å². The molecular formula is C44H30N2O. The van der Waals surface area contributed by atoms with E-state index in [9.17, 15) is 0 Å². The normalized spacial score (nSPS) is 13.0. The molecule has 0 amide bonds. The minimum absolute atomic E-state index is 0.663. The minimum atomic E-state index is 0.663. The SMILES string of the molecule is C1=CCCC(c2cc(-c3ccccc3)nc(-c3ccc(-c4ccc(-c5ccccc5)cc4)c4c3oc3cc5ccccc5cc34)n2)=C1. The van der Waals surface area contributed by atoms with E-state index < -0.39 is 0 Å². The molecule has 2 aromatic heterocycles. The van der Waals surface area contributed by atoms with Gasteiger partial charge in [-0.05, 0) is 75.7 Å². The van der Waals surface area contributed by atoms with Crippen molar-refractivity contribution in [3.05, 3.63) is 163 Å². The number of nitrogens with zero attached hydrogens (tertiary/aromatic N) is 2. The molecule has 0 atom stereocenters. The van der Waals surface area contributed by atoms with E-state index in [-0.39, 0.29) is 0 Å². The molecule has 9 rings (SSSR count). The highest BCUT2D eigenvalue weighted by Crippen LogP contribution is 2.43. The minimum Gasteiger partial charge on any atom is -0.455 e. The molecule has 1 aliphatic carbocycles. The molecule has 2 heterocycles. The van der Waals surface area contributed by atoms with Crippen LogP contribution in [0.25, 0.3) is 83.2 Å². The monoisotopic (exact) mass is 602 g/mol. The third-order valence-corrected chi connectivity index (χ3v) is 9.17. The predicted molar refractivity (Wildman–Crippen MR) is 195 cm³/mol. The van der Waals surface area contributed by atoms with Crippen LogP contribution in [0.3, 0.4) is 0 Å². The van der Waals surface area contributed by atoms with Crippen LogP contribution in [0.4, 0.5) is 0 Å². The highest BCUT2D eigenvalue weighted by Gasteiger charge is 2.21. The van der Waals surface area contributed by atoms with Gasteiger partial charge in [-0.25, -0.2) is 9.97 Å². The van der Waals surface area contributed by atoms with E-state index in [1.165, 1.54) is 22.1 Å². The third-order valence-electron chi connectivity index (χ3n) is 9.17. The van der Waals surface area contributed by atoms with E-state index in [0.717, 1.165) is 73.8 Å². The molecule has 0 radical (unpaired) electrons. The zero-order valence-corrected chi connectivity index (χ0v) is 25.7. The second-order valence-electron chi connectivity index (χ2n) is 12.1. The van der Waals surface area contributed by atoms with E-state index in [2.05, 4.69) is 152 Å². The van der Waals surface area contributed by atoms with Crippen LogP contribution in [0, 0.1) is 0 Å². The summed E-state index contributed by atoms with van der Waals surface area (Å²) in [5.41, 5.74) is 11.3. The molecule has 0 aliphatic heterocycles. The van der Waals surface area contributed by atoms with Gasteiger partial charge in [0.25, 0.3) is 0 Å². The van der Waals surface area contributed by atoms with Gasteiger partial charge in [-0.1, -0.05) is 133 Å². The number of allylic oxidation sites excluding steroid dienone is 4. The first kappa shape index (κ1) is 27.3. The van der Waals surface area contributed by atoms with Crippen LogP contribution >= 0.6 is 0 Å². The molecule has 3 nitrogen and oxygen atoms in total. The van der Waals surface area contributed by atoms with E-state index >= 15 is 0 Å². The fourth-order valence-corrected chi connectivity index (χ4v) is 6.76. The Morgan fingerprint density at radius 2 is 1.17 bits per heavy atom. The van der Waals surface area contributed by atoms with Gasteiger partial charge in [-0.15, -0.1) is 0 Å². The molecule has 0 N–H and O–H groups in total. The zero-order chi connectivity index (χ0) is 31.2. The summed E-state index contributed by atoms with van der Waals surface area (Å²) in [6.07, 6.45) is 8.46. The Morgan fingerprint density at radius 3 is 1.91 bits per heavy atom. The van der Waals surface area contributed by atoms with Crippen molar-refractivity contribution in [2.24, 2.45) is 0 Å². The molecule has 0 spiro atoms. The average molecular weight is 603 g/mol. The first-order valence-corrected chi connectivity index (χ1v) is 16.1. The third kappa shape index (κ3) is 4.93.